The van der Waals surface area contributed by atoms with Crippen LogP contribution in [0.4, 0.5) is 0 Å². The fraction of sp³-hybridized carbons (Fsp3) is 0.500. The van der Waals surface area contributed by atoms with E-state index in [4.69, 9.17) is 4.52 Å². The van der Waals surface area contributed by atoms with Gasteiger partial charge in [0.05, 0.1) is 0 Å². The van der Waals surface area contributed by atoms with Crippen molar-refractivity contribution in [2.75, 3.05) is 6.54 Å². The van der Waals surface area contributed by atoms with Crippen LogP contribution >= 0.6 is 0 Å². The minimum Gasteiger partial charge on any atom is -0.355 e. The summed E-state index contributed by atoms with van der Waals surface area (Å²) in [5, 5.41) is 7.09. The molecule has 1 aromatic heterocycles. The maximum Gasteiger partial charge on any atom is 0.276 e. The summed E-state index contributed by atoms with van der Waals surface area (Å²) in [5.41, 5.74) is 1.10. The van der Waals surface area contributed by atoms with Crippen molar-refractivity contribution < 1.29 is 14.1 Å². The fourth-order valence-corrected chi connectivity index (χ4v) is 3.72. The van der Waals surface area contributed by atoms with Crippen molar-refractivity contribution in [3.63, 3.8) is 0 Å². The van der Waals surface area contributed by atoms with Crippen LogP contribution in [-0.2, 0) is 4.79 Å². The summed E-state index contributed by atoms with van der Waals surface area (Å²) in [4.78, 5) is 27.7. The highest BCUT2D eigenvalue weighted by Gasteiger charge is 2.38. The van der Waals surface area contributed by atoms with Gasteiger partial charge in [0.2, 0.25) is 5.91 Å². The van der Waals surface area contributed by atoms with Crippen molar-refractivity contribution in [1.82, 2.24) is 15.4 Å². The van der Waals surface area contributed by atoms with Crippen molar-refractivity contribution >= 4 is 11.8 Å². The van der Waals surface area contributed by atoms with Gasteiger partial charge in [0.1, 0.15) is 6.04 Å². The van der Waals surface area contributed by atoms with Crippen LogP contribution in [0, 0.1) is 11.8 Å². The van der Waals surface area contributed by atoms with Crippen molar-refractivity contribution in [2.24, 2.45) is 11.8 Å². The molecule has 2 amide bonds. The SMILES string of the molecule is CC(C)C[C@H]1CN(C(=O)c2cc(-c3ccccc3)on2)[C@@H](CC(C)C)C(=O)N1. The number of aromatic nitrogens is 1. The Bertz CT molecular complexity index is 813. The molecular formula is C22H29N3O3. The topological polar surface area (TPSA) is 75.4 Å². The molecule has 1 N–H and O–H groups in total. The van der Waals surface area contributed by atoms with Crippen LogP contribution < -0.4 is 5.32 Å². The van der Waals surface area contributed by atoms with Crippen LogP contribution in [-0.4, -0.2) is 40.5 Å². The van der Waals surface area contributed by atoms with Crippen LogP contribution in [0.25, 0.3) is 11.3 Å². The van der Waals surface area contributed by atoms with E-state index in [0.29, 0.717) is 30.6 Å². The molecule has 6 nitrogen and oxygen atoms in total. The molecule has 3 rings (SSSR count). The van der Waals surface area contributed by atoms with E-state index in [1.807, 2.05) is 30.3 Å². The first kappa shape index (κ1) is 20.1. The van der Waals surface area contributed by atoms with E-state index in [1.165, 1.54) is 0 Å². The molecule has 28 heavy (non-hydrogen) atoms. The maximum atomic E-state index is 13.2. The molecule has 1 aliphatic heterocycles. The van der Waals surface area contributed by atoms with E-state index in [2.05, 4.69) is 38.2 Å². The van der Waals surface area contributed by atoms with Gasteiger partial charge in [0, 0.05) is 24.2 Å². The average molecular weight is 383 g/mol. The zero-order valence-corrected chi connectivity index (χ0v) is 17.0. The lowest BCUT2D eigenvalue weighted by Crippen LogP contribution is -2.62. The lowest BCUT2D eigenvalue weighted by Gasteiger charge is -2.40. The molecule has 0 unspecified atom stereocenters. The second-order valence-electron chi connectivity index (χ2n) is 8.38. The van der Waals surface area contributed by atoms with Crippen LogP contribution in [0.5, 0.6) is 0 Å². The summed E-state index contributed by atoms with van der Waals surface area (Å²) >= 11 is 0. The van der Waals surface area contributed by atoms with Crippen molar-refractivity contribution in [3.05, 3.63) is 42.1 Å². The molecule has 2 heterocycles. The zero-order chi connectivity index (χ0) is 20.3. The van der Waals surface area contributed by atoms with Gasteiger partial charge in [-0.15, -0.1) is 0 Å². The van der Waals surface area contributed by atoms with Crippen molar-refractivity contribution in [3.8, 4) is 11.3 Å². The predicted octanol–water partition coefficient (Wildman–Crippen LogP) is 3.74. The van der Waals surface area contributed by atoms with Crippen molar-refractivity contribution in [1.29, 1.82) is 0 Å². The lowest BCUT2D eigenvalue weighted by molar-refractivity contribution is -0.130. The Labute approximate surface area is 166 Å². The van der Waals surface area contributed by atoms with Gasteiger partial charge in [-0.25, -0.2) is 0 Å². The van der Waals surface area contributed by atoms with Crippen LogP contribution in [0.15, 0.2) is 40.9 Å². The first-order valence-electron chi connectivity index (χ1n) is 9.98. The fourth-order valence-electron chi connectivity index (χ4n) is 3.72. The molecule has 150 valence electrons. The third-order valence-electron chi connectivity index (χ3n) is 4.94. The second kappa shape index (κ2) is 8.59. The van der Waals surface area contributed by atoms with Gasteiger partial charge in [-0.2, -0.15) is 0 Å². The number of nitrogens with zero attached hydrogens (tertiary/aromatic N) is 2. The number of hydrogen-bond donors (Lipinski definition) is 1. The first-order valence-corrected chi connectivity index (χ1v) is 9.98. The Balaban J connectivity index is 1.85. The zero-order valence-electron chi connectivity index (χ0n) is 17.0. The van der Waals surface area contributed by atoms with Gasteiger partial charge < -0.3 is 14.7 Å². The van der Waals surface area contributed by atoms with E-state index < -0.39 is 6.04 Å². The number of nitrogens with one attached hydrogen (secondary N) is 1. The number of carbonyl (C=O) groups excluding carboxylic acids is 2. The molecule has 2 aromatic rings. The lowest BCUT2D eigenvalue weighted by atomic mass is 9.94. The number of carbonyl (C=O) groups is 2. The minimum atomic E-state index is -0.479. The predicted molar refractivity (Wildman–Crippen MR) is 108 cm³/mol. The number of benzene rings is 1. The Hall–Kier alpha value is -2.63. The van der Waals surface area contributed by atoms with Gasteiger partial charge in [-0.1, -0.05) is 63.2 Å². The van der Waals surface area contributed by atoms with Crippen molar-refractivity contribution in [2.45, 2.75) is 52.6 Å². The Morgan fingerprint density at radius 1 is 1.18 bits per heavy atom. The number of amides is 2. The molecule has 0 radical (unpaired) electrons. The second-order valence-corrected chi connectivity index (χ2v) is 8.38. The summed E-state index contributed by atoms with van der Waals surface area (Å²) in [6.07, 6.45) is 1.45. The van der Waals surface area contributed by atoms with Crippen LogP contribution in [0.2, 0.25) is 0 Å². The molecular weight excluding hydrogens is 354 g/mol. The highest BCUT2D eigenvalue weighted by Crippen LogP contribution is 2.24. The number of rotatable bonds is 6. The van der Waals surface area contributed by atoms with E-state index >= 15 is 0 Å². The van der Waals surface area contributed by atoms with Gasteiger partial charge in [0.25, 0.3) is 5.91 Å². The third-order valence-corrected chi connectivity index (χ3v) is 4.94. The van der Waals surface area contributed by atoms with Gasteiger partial charge in [-0.05, 0) is 24.7 Å². The molecule has 0 aliphatic carbocycles. The molecule has 1 aliphatic rings. The van der Waals surface area contributed by atoms with Gasteiger partial charge in [0.15, 0.2) is 11.5 Å². The normalized spacial score (nSPS) is 19.9. The van der Waals surface area contributed by atoms with E-state index in [-0.39, 0.29) is 23.6 Å². The van der Waals surface area contributed by atoms with E-state index in [1.54, 1.807) is 11.0 Å². The number of piperazine rings is 1. The van der Waals surface area contributed by atoms with Gasteiger partial charge >= 0.3 is 0 Å². The molecule has 2 atom stereocenters. The summed E-state index contributed by atoms with van der Waals surface area (Å²) in [7, 11) is 0. The molecule has 6 heteroatoms. The Morgan fingerprint density at radius 3 is 2.50 bits per heavy atom. The third kappa shape index (κ3) is 4.61. The average Bonchev–Trinajstić information content (AvgIpc) is 3.13. The Morgan fingerprint density at radius 2 is 1.86 bits per heavy atom. The smallest absolute Gasteiger partial charge is 0.276 e. The summed E-state index contributed by atoms with van der Waals surface area (Å²) in [6.45, 7) is 8.83. The van der Waals surface area contributed by atoms with Gasteiger partial charge in [-0.3, -0.25) is 9.59 Å². The highest BCUT2D eigenvalue weighted by molar-refractivity contribution is 5.97. The largest absolute Gasteiger partial charge is 0.355 e. The van der Waals surface area contributed by atoms with E-state index in [9.17, 15) is 9.59 Å². The summed E-state index contributed by atoms with van der Waals surface area (Å²) in [6, 6.07) is 10.7. The Kier molecular flexibility index (Phi) is 6.17. The molecule has 0 saturated carbocycles. The first-order chi connectivity index (χ1) is 13.3. The minimum absolute atomic E-state index is 0.0413. The highest BCUT2D eigenvalue weighted by atomic mass is 16.5. The number of hydrogen-bond acceptors (Lipinski definition) is 4. The molecule has 0 spiro atoms. The maximum absolute atomic E-state index is 13.2. The summed E-state index contributed by atoms with van der Waals surface area (Å²) in [5.74, 6) is 0.945. The van der Waals surface area contributed by atoms with E-state index in [0.717, 1.165) is 12.0 Å². The van der Waals surface area contributed by atoms with Crippen LogP contribution in [0.1, 0.15) is 51.0 Å². The molecule has 1 aromatic carbocycles. The standard InChI is InChI=1S/C22H29N3O3/c1-14(2)10-17-13-25(19(11-15(3)4)21(26)23-17)22(27)18-12-20(28-24-18)16-8-6-5-7-9-16/h5-9,12,14-15,17,19H,10-11,13H2,1-4H3,(H,23,26)/t17-,19-/m0/s1. The monoisotopic (exact) mass is 383 g/mol. The molecule has 0 bridgehead atoms. The quantitative estimate of drug-likeness (QED) is 0.824. The van der Waals surface area contributed by atoms with Crippen LogP contribution in [0.3, 0.4) is 0 Å². The molecule has 1 fully saturated rings. The molecule has 1 saturated heterocycles. The summed E-state index contributed by atoms with van der Waals surface area (Å²) < 4.78 is 5.40.